The standard InChI is InChI=1S/C13H18O3Si/c1-3-13(14)16-10-7-11-17(15-2)12-8-5-4-6-9-12/h3-6,8-9,17H,1,7,10-11H2,2H3. The first kappa shape index (κ1) is 13.7. The molecule has 0 radical (unpaired) electrons. The molecule has 1 unspecified atom stereocenters. The first-order valence-electron chi connectivity index (χ1n) is 5.65. The van der Waals surface area contributed by atoms with Crippen LogP contribution in [0.4, 0.5) is 0 Å². The van der Waals surface area contributed by atoms with Gasteiger partial charge in [0, 0.05) is 13.2 Å². The number of benzene rings is 1. The summed E-state index contributed by atoms with van der Waals surface area (Å²) < 4.78 is 10.5. The molecule has 0 aliphatic carbocycles. The van der Waals surface area contributed by atoms with Crippen molar-refractivity contribution in [1.82, 2.24) is 0 Å². The van der Waals surface area contributed by atoms with Gasteiger partial charge in [-0.2, -0.15) is 0 Å². The van der Waals surface area contributed by atoms with Gasteiger partial charge < -0.3 is 9.16 Å². The summed E-state index contributed by atoms with van der Waals surface area (Å²) in [7, 11) is 0.389. The van der Waals surface area contributed by atoms with Crippen LogP contribution < -0.4 is 5.19 Å². The molecule has 0 amide bonds. The summed E-state index contributed by atoms with van der Waals surface area (Å²) in [4.78, 5) is 10.8. The molecule has 4 heteroatoms. The smallest absolute Gasteiger partial charge is 0.330 e. The summed E-state index contributed by atoms with van der Waals surface area (Å²) >= 11 is 0. The van der Waals surface area contributed by atoms with E-state index in [-0.39, 0.29) is 5.97 Å². The zero-order valence-corrected chi connectivity index (χ0v) is 11.2. The van der Waals surface area contributed by atoms with E-state index < -0.39 is 9.04 Å². The molecule has 17 heavy (non-hydrogen) atoms. The van der Waals surface area contributed by atoms with Crippen molar-refractivity contribution < 1.29 is 14.0 Å². The number of rotatable bonds is 7. The number of hydrogen-bond acceptors (Lipinski definition) is 3. The molecule has 1 atom stereocenters. The van der Waals surface area contributed by atoms with Crippen molar-refractivity contribution in [3.05, 3.63) is 43.0 Å². The molecule has 0 saturated heterocycles. The van der Waals surface area contributed by atoms with Gasteiger partial charge in [-0.1, -0.05) is 36.9 Å². The van der Waals surface area contributed by atoms with E-state index >= 15 is 0 Å². The van der Waals surface area contributed by atoms with Crippen LogP contribution >= 0.6 is 0 Å². The van der Waals surface area contributed by atoms with Gasteiger partial charge in [-0.05, 0) is 17.7 Å². The summed E-state index contributed by atoms with van der Waals surface area (Å²) in [5, 5.41) is 1.28. The fraction of sp³-hybridized carbons (Fsp3) is 0.308. The third-order valence-corrected chi connectivity index (χ3v) is 5.11. The molecular weight excluding hydrogens is 232 g/mol. The maximum atomic E-state index is 10.8. The minimum Gasteiger partial charge on any atom is -0.463 e. The van der Waals surface area contributed by atoms with E-state index in [1.165, 1.54) is 11.3 Å². The third kappa shape index (κ3) is 4.97. The number of carbonyl (C=O) groups excluding carboxylic acids is 1. The number of carbonyl (C=O) groups is 1. The van der Waals surface area contributed by atoms with E-state index in [1.807, 2.05) is 18.2 Å². The summed E-state index contributed by atoms with van der Waals surface area (Å²) in [6, 6.07) is 11.2. The Bertz CT molecular complexity index is 351. The van der Waals surface area contributed by atoms with Gasteiger partial charge in [-0.25, -0.2) is 4.79 Å². The van der Waals surface area contributed by atoms with Crippen LogP contribution in [0.15, 0.2) is 43.0 Å². The summed E-state index contributed by atoms with van der Waals surface area (Å²) in [5.41, 5.74) is 0. The molecule has 1 aromatic carbocycles. The second-order valence-corrected chi connectivity index (χ2v) is 6.34. The highest BCUT2D eigenvalue weighted by atomic mass is 28.3. The largest absolute Gasteiger partial charge is 0.463 e. The van der Waals surface area contributed by atoms with Crippen molar-refractivity contribution in [2.75, 3.05) is 13.7 Å². The molecule has 0 aliphatic rings. The second kappa shape index (κ2) is 7.81. The Morgan fingerprint density at radius 2 is 2.12 bits per heavy atom. The van der Waals surface area contributed by atoms with Crippen LogP contribution in [0.1, 0.15) is 6.42 Å². The van der Waals surface area contributed by atoms with Crippen LogP contribution in [0, 0.1) is 0 Å². The van der Waals surface area contributed by atoms with E-state index in [1.54, 1.807) is 7.11 Å². The van der Waals surface area contributed by atoms with Crippen molar-refractivity contribution >= 4 is 20.2 Å². The molecule has 0 spiro atoms. The normalized spacial score (nSPS) is 11.8. The minimum atomic E-state index is -1.36. The lowest BCUT2D eigenvalue weighted by Crippen LogP contribution is -2.32. The molecule has 0 heterocycles. The highest BCUT2D eigenvalue weighted by molar-refractivity contribution is 6.67. The minimum absolute atomic E-state index is 0.361. The molecule has 0 bridgehead atoms. The molecular formula is C13H18O3Si. The Labute approximate surface area is 104 Å². The van der Waals surface area contributed by atoms with E-state index in [2.05, 4.69) is 18.7 Å². The van der Waals surface area contributed by atoms with Crippen LogP contribution in [0.5, 0.6) is 0 Å². The maximum Gasteiger partial charge on any atom is 0.330 e. The quantitative estimate of drug-likeness (QED) is 0.317. The van der Waals surface area contributed by atoms with Crippen molar-refractivity contribution in [2.24, 2.45) is 0 Å². The molecule has 1 rings (SSSR count). The van der Waals surface area contributed by atoms with Crippen LogP contribution in [-0.4, -0.2) is 28.7 Å². The predicted octanol–water partition coefficient (Wildman–Crippen LogP) is 1.38. The number of hydrogen-bond donors (Lipinski definition) is 0. The van der Waals surface area contributed by atoms with Gasteiger partial charge in [0.05, 0.1) is 6.61 Å². The second-order valence-electron chi connectivity index (χ2n) is 3.65. The summed E-state index contributed by atoms with van der Waals surface area (Å²) in [6.45, 7) is 3.78. The Morgan fingerprint density at radius 1 is 1.41 bits per heavy atom. The first-order chi connectivity index (χ1) is 8.27. The highest BCUT2D eigenvalue weighted by Gasteiger charge is 2.12. The Kier molecular flexibility index (Phi) is 6.28. The van der Waals surface area contributed by atoms with Crippen molar-refractivity contribution in [2.45, 2.75) is 12.5 Å². The number of ether oxygens (including phenoxy) is 1. The highest BCUT2D eigenvalue weighted by Crippen LogP contribution is 2.01. The summed E-state index contributed by atoms with van der Waals surface area (Å²) in [6.07, 6.45) is 2.02. The first-order valence-corrected chi connectivity index (χ1v) is 7.51. The van der Waals surface area contributed by atoms with Gasteiger partial charge in [-0.3, -0.25) is 0 Å². The monoisotopic (exact) mass is 250 g/mol. The zero-order chi connectivity index (χ0) is 12.5. The van der Waals surface area contributed by atoms with Crippen LogP contribution in [0.25, 0.3) is 0 Å². The molecule has 92 valence electrons. The Balaban J connectivity index is 2.33. The lowest BCUT2D eigenvalue weighted by Gasteiger charge is -2.13. The van der Waals surface area contributed by atoms with Gasteiger partial charge in [0.15, 0.2) is 0 Å². The molecule has 0 aliphatic heterocycles. The van der Waals surface area contributed by atoms with E-state index in [9.17, 15) is 4.79 Å². The lowest BCUT2D eigenvalue weighted by atomic mass is 10.4. The molecule has 0 saturated carbocycles. The number of esters is 1. The topological polar surface area (TPSA) is 35.5 Å². The average molecular weight is 250 g/mol. The summed E-state index contributed by atoms with van der Waals surface area (Å²) in [5.74, 6) is -0.361. The maximum absolute atomic E-state index is 10.8. The van der Waals surface area contributed by atoms with Gasteiger partial charge in [0.1, 0.15) is 0 Å². The average Bonchev–Trinajstić information content (AvgIpc) is 2.39. The van der Waals surface area contributed by atoms with Gasteiger partial charge in [0.25, 0.3) is 0 Å². The fourth-order valence-electron chi connectivity index (χ4n) is 1.59. The molecule has 0 fully saturated rings. The van der Waals surface area contributed by atoms with Gasteiger partial charge >= 0.3 is 5.97 Å². The molecule has 3 nitrogen and oxygen atoms in total. The van der Waals surface area contributed by atoms with Crippen molar-refractivity contribution in [1.29, 1.82) is 0 Å². The van der Waals surface area contributed by atoms with Crippen LogP contribution in [0.2, 0.25) is 6.04 Å². The third-order valence-electron chi connectivity index (χ3n) is 2.48. The van der Waals surface area contributed by atoms with Gasteiger partial charge in [0.2, 0.25) is 9.04 Å². The van der Waals surface area contributed by atoms with Crippen LogP contribution in [0.3, 0.4) is 0 Å². The SMILES string of the molecule is C=CC(=O)OCCC[SiH](OC)c1ccccc1. The van der Waals surface area contributed by atoms with Crippen molar-refractivity contribution in [3.63, 3.8) is 0 Å². The predicted molar refractivity (Wildman–Crippen MR) is 70.8 cm³/mol. The van der Waals surface area contributed by atoms with Crippen LogP contribution in [-0.2, 0) is 14.0 Å². The Morgan fingerprint density at radius 3 is 2.71 bits per heavy atom. The van der Waals surface area contributed by atoms with E-state index in [0.29, 0.717) is 6.61 Å². The Hall–Kier alpha value is -1.39. The van der Waals surface area contributed by atoms with E-state index in [0.717, 1.165) is 12.5 Å². The lowest BCUT2D eigenvalue weighted by molar-refractivity contribution is -0.137. The van der Waals surface area contributed by atoms with E-state index in [4.69, 9.17) is 9.16 Å². The molecule has 0 aromatic heterocycles. The van der Waals surface area contributed by atoms with Crippen molar-refractivity contribution in [3.8, 4) is 0 Å². The molecule has 0 N–H and O–H groups in total. The molecule has 1 aromatic rings. The fourth-order valence-corrected chi connectivity index (χ4v) is 3.62. The van der Waals surface area contributed by atoms with Gasteiger partial charge in [-0.15, -0.1) is 0 Å². The zero-order valence-electron chi connectivity index (χ0n) is 10.1.